The smallest absolute Gasteiger partial charge is 0.225 e. The van der Waals surface area contributed by atoms with Gasteiger partial charge >= 0.3 is 0 Å². The lowest BCUT2D eigenvalue weighted by molar-refractivity contribution is -0.141. The molecule has 0 aromatic carbocycles. The number of carbonyl (C=O) groups is 1. The van der Waals surface area contributed by atoms with Crippen molar-refractivity contribution in [2.24, 2.45) is 5.92 Å². The fourth-order valence-electron chi connectivity index (χ4n) is 3.98. The van der Waals surface area contributed by atoms with Crippen LogP contribution in [0.4, 0.5) is 0 Å². The first-order valence-electron chi connectivity index (χ1n) is 8.56. The fraction of sp³-hybridized carbons (Fsp3) is 0.938. The van der Waals surface area contributed by atoms with Gasteiger partial charge in [0, 0.05) is 44.2 Å². The molecule has 21 heavy (non-hydrogen) atoms. The minimum atomic E-state index is 0.289. The van der Waals surface area contributed by atoms with Gasteiger partial charge in [0.15, 0.2) is 0 Å². The third-order valence-electron chi connectivity index (χ3n) is 5.73. The van der Waals surface area contributed by atoms with Gasteiger partial charge in [-0.3, -0.25) is 9.69 Å². The zero-order chi connectivity index (χ0) is 14.8. The Morgan fingerprint density at radius 3 is 2.19 bits per heavy atom. The van der Waals surface area contributed by atoms with Crippen molar-refractivity contribution in [1.29, 1.82) is 0 Å². The van der Waals surface area contributed by atoms with Crippen molar-refractivity contribution in [3.63, 3.8) is 0 Å². The highest BCUT2D eigenvalue weighted by atomic mass is 16.2. The summed E-state index contributed by atoms with van der Waals surface area (Å²) in [5.74, 6) is 0.696. The third-order valence-corrected chi connectivity index (χ3v) is 5.73. The number of rotatable bonds is 3. The Morgan fingerprint density at radius 1 is 1.00 bits per heavy atom. The second-order valence-corrected chi connectivity index (χ2v) is 7.05. The molecule has 0 unspecified atom stereocenters. The molecule has 1 N–H and O–H groups in total. The molecule has 0 atom stereocenters. The van der Waals surface area contributed by atoms with Crippen LogP contribution in [0.3, 0.4) is 0 Å². The van der Waals surface area contributed by atoms with Gasteiger partial charge in [0.1, 0.15) is 0 Å². The summed E-state index contributed by atoms with van der Waals surface area (Å²) in [5.41, 5.74) is 0. The van der Waals surface area contributed by atoms with Gasteiger partial charge in [-0.05, 0) is 52.9 Å². The van der Waals surface area contributed by atoms with E-state index in [1.165, 1.54) is 25.9 Å². The summed E-state index contributed by atoms with van der Waals surface area (Å²) in [7, 11) is 4.20. The number of nitrogens with one attached hydrogen (secondary N) is 1. The average Bonchev–Trinajstić information content (AvgIpc) is 2.47. The molecule has 1 aliphatic carbocycles. The number of likely N-dealkylation sites (tertiary alicyclic amines) is 1. The minimum Gasteiger partial charge on any atom is -0.340 e. The van der Waals surface area contributed by atoms with E-state index in [4.69, 9.17) is 0 Å². The van der Waals surface area contributed by atoms with Crippen LogP contribution in [0.5, 0.6) is 0 Å². The lowest BCUT2D eigenvalue weighted by Crippen LogP contribution is -2.56. The van der Waals surface area contributed by atoms with Gasteiger partial charge in [0.25, 0.3) is 0 Å². The Morgan fingerprint density at radius 2 is 1.62 bits per heavy atom. The van der Waals surface area contributed by atoms with Crippen LogP contribution < -0.4 is 5.32 Å². The molecule has 3 rings (SSSR count). The van der Waals surface area contributed by atoms with Crippen LogP contribution in [-0.2, 0) is 4.79 Å². The standard InChI is InChI=1S/C16H30N4O/c1-17-14-11-13(12-14)16(21)20-9-7-19(8-10-20)15-3-5-18(2)6-4-15/h13-15,17H,3-12H2,1-2H3. The maximum Gasteiger partial charge on any atom is 0.225 e. The first kappa shape index (κ1) is 15.3. The summed E-state index contributed by atoms with van der Waals surface area (Å²) < 4.78 is 0. The third kappa shape index (κ3) is 3.41. The molecule has 1 saturated carbocycles. The zero-order valence-corrected chi connectivity index (χ0v) is 13.6. The van der Waals surface area contributed by atoms with Crippen molar-refractivity contribution in [2.75, 3.05) is 53.4 Å². The molecule has 2 aliphatic heterocycles. The van der Waals surface area contributed by atoms with E-state index >= 15 is 0 Å². The Balaban J connectivity index is 1.42. The van der Waals surface area contributed by atoms with Gasteiger partial charge in [-0.15, -0.1) is 0 Å². The topological polar surface area (TPSA) is 38.8 Å². The lowest BCUT2D eigenvalue weighted by Gasteiger charge is -2.44. The molecule has 5 heteroatoms. The molecule has 0 spiro atoms. The highest BCUT2D eigenvalue weighted by Crippen LogP contribution is 2.29. The SMILES string of the molecule is CNC1CC(C(=O)N2CCN(C3CCN(C)CC3)CC2)C1. The quantitative estimate of drug-likeness (QED) is 0.808. The predicted octanol–water partition coefficient (Wildman–Crippen LogP) is 0.223. The predicted molar refractivity (Wildman–Crippen MR) is 84.2 cm³/mol. The molecule has 3 fully saturated rings. The van der Waals surface area contributed by atoms with Gasteiger partial charge in [0.05, 0.1) is 0 Å². The Kier molecular flexibility index (Phi) is 4.82. The van der Waals surface area contributed by atoms with E-state index in [1.807, 2.05) is 7.05 Å². The van der Waals surface area contributed by atoms with E-state index < -0.39 is 0 Å². The van der Waals surface area contributed by atoms with Gasteiger partial charge < -0.3 is 15.1 Å². The van der Waals surface area contributed by atoms with Crippen LogP contribution in [0.25, 0.3) is 0 Å². The maximum absolute atomic E-state index is 12.4. The Labute approximate surface area is 128 Å². The van der Waals surface area contributed by atoms with Gasteiger partial charge in [-0.1, -0.05) is 0 Å². The maximum atomic E-state index is 12.4. The molecule has 0 radical (unpaired) electrons. The number of carbonyl (C=O) groups excluding carboxylic acids is 1. The van der Waals surface area contributed by atoms with Crippen LogP contribution in [0.2, 0.25) is 0 Å². The molecule has 0 aromatic heterocycles. The van der Waals surface area contributed by atoms with Crippen LogP contribution in [0, 0.1) is 5.92 Å². The van der Waals surface area contributed by atoms with Crippen molar-refractivity contribution in [1.82, 2.24) is 20.0 Å². The van der Waals surface area contributed by atoms with Gasteiger partial charge in [0.2, 0.25) is 5.91 Å². The summed E-state index contributed by atoms with van der Waals surface area (Å²) in [6.07, 6.45) is 4.64. The van der Waals surface area contributed by atoms with Crippen molar-refractivity contribution >= 4 is 5.91 Å². The second kappa shape index (κ2) is 6.63. The molecule has 1 amide bonds. The van der Waals surface area contributed by atoms with Crippen LogP contribution in [-0.4, -0.2) is 86.1 Å². The van der Waals surface area contributed by atoms with E-state index in [0.29, 0.717) is 11.9 Å². The van der Waals surface area contributed by atoms with Crippen molar-refractivity contribution in [3.8, 4) is 0 Å². The molecule has 5 nitrogen and oxygen atoms in total. The van der Waals surface area contributed by atoms with E-state index in [1.54, 1.807) is 0 Å². The normalized spacial score (nSPS) is 33.0. The summed E-state index contributed by atoms with van der Waals surface area (Å²) in [4.78, 5) is 19.6. The van der Waals surface area contributed by atoms with Crippen LogP contribution in [0.15, 0.2) is 0 Å². The number of nitrogens with zero attached hydrogens (tertiary/aromatic N) is 3. The fourth-order valence-corrected chi connectivity index (χ4v) is 3.98. The minimum absolute atomic E-state index is 0.289. The molecule has 2 saturated heterocycles. The molecule has 3 aliphatic rings. The van der Waals surface area contributed by atoms with Crippen molar-refractivity contribution < 1.29 is 4.79 Å². The number of hydrogen-bond donors (Lipinski definition) is 1. The van der Waals surface area contributed by atoms with Crippen LogP contribution in [0.1, 0.15) is 25.7 Å². The molecule has 0 aromatic rings. The number of hydrogen-bond acceptors (Lipinski definition) is 4. The van der Waals surface area contributed by atoms with Crippen molar-refractivity contribution in [2.45, 2.75) is 37.8 Å². The van der Waals surface area contributed by atoms with Crippen LogP contribution >= 0.6 is 0 Å². The summed E-state index contributed by atoms with van der Waals surface area (Å²) in [6, 6.07) is 1.32. The van der Waals surface area contributed by atoms with Crippen molar-refractivity contribution in [3.05, 3.63) is 0 Å². The van der Waals surface area contributed by atoms with E-state index in [-0.39, 0.29) is 5.92 Å². The van der Waals surface area contributed by atoms with E-state index in [9.17, 15) is 4.79 Å². The second-order valence-electron chi connectivity index (χ2n) is 7.05. The van der Waals surface area contributed by atoms with E-state index in [2.05, 4.69) is 27.1 Å². The molecule has 0 bridgehead atoms. The molecular weight excluding hydrogens is 264 g/mol. The number of piperidine rings is 1. The van der Waals surface area contributed by atoms with E-state index in [0.717, 1.165) is 45.1 Å². The zero-order valence-electron chi connectivity index (χ0n) is 13.6. The summed E-state index contributed by atoms with van der Waals surface area (Å²) in [5, 5.41) is 3.26. The summed E-state index contributed by atoms with van der Waals surface area (Å²) in [6.45, 7) is 6.46. The number of amides is 1. The average molecular weight is 294 g/mol. The van der Waals surface area contributed by atoms with Gasteiger partial charge in [-0.2, -0.15) is 0 Å². The number of piperazine rings is 1. The Hall–Kier alpha value is -0.650. The monoisotopic (exact) mass is 294 g/mol. The molecular formula is C16H30N4O. The first-order valence-corrected chi connectivity index (χ1v) is 8.56. The first-order chi connectivity index (χ1) is 10.2. The summed E-state index contributed by atoms with van der Waals surface area (Å²) >= 11 is 0. The lowest BCUT2D eigenvalue weighted by atomic mass is 9.79. The molecule has 2 heterocycles. The largest absolute Gasteiger partial charge is 0.340 e. The van der Waals surface area contributed by atoms with Gasteiger partial charge in [-0.25, -0.2) is 0 Å². The molecule has 120 valence electrons. The highest BCUT2D eigenvalue weighted by Gasteiger charge is 2.37. The highest BCUT2D eigenvalue weighted by molar-refractivity contribution is 5.80. The Bertz CT molecular complexity index is 353.